The van der Waals surface area contributed by atoms with Crippen molar-refractivity contribution in [1.29, 1.82) is 0 Å². The Morgan fingerprint density at radius 1 is 1.42 bits per heavy atom. The molecule has 3 rings (SSSR count). The number of hydrogen-bond donors (Lipinski definition) is 0. The van der Waals surface area contributed by atoms with E-state index in [1.165, 1.54) is 10.9 Å². The lowest BCUT2D eigenvalue weighted by atomic mass is 10.1. The smallest absolute Gasteiger partial charge is 0.261 e. The van der Waals surface area contributed by atoms with E-state index in [1.54, 1.807) is 6.07 Å². The van der Waals surface area contributed by atoms with E-state index in [-0.39, 0.29) is 11.5 Å². The molecule has 0 saturated carbocycles. The van der Waals surface area contributed by atoms with Crippen molar-refractivity contribution in [3.8, 4) is 0 Å². The van der Waals surface area contributed by atoms with Crippen molar-refractivity contribution in [2.75, 3.05) is 26.3 Å². The van der Waals surface area contributed by atoms with Crippen LogP contribution >= 0.6 is 0 Å². The van der Waals surface area contributed by atoms with Crippen LogP contribution in [0.4, 0.5) is 0 Å². The molecule has 1 aromatic heterocycles. The molecule has 2 aromatic rings. The van der Waals surface area contributed by atoms with Gasteiger partial charge in [-0.25, -0.2) is 4.98 Å². The van der Waals surface area contributed by atoms with Gasteiger partial charge in [0, 0.05) is 38.6 Å². The average molecular weight is 329 g/mol. The van der Waals surface area contributed by atoms with E-state index in [4.69, 9.17) is 4.74 Å². The van der Waals surface area contributed by atoms with Crippen LogP contribution in [0.15, 0.2) is 35.4 Å². The van der Waals surface area contributed by atoms with Crippen LogP contribution in [0.5, 0.6) is 0 Å². The lowest BCUT2D eigenvalue weighted by molar-refractivity contribution is -0.131. The number of benzene rings is 1. The van der Waals surface area contributed by atoms with Gasteiger partial charge >= 0.3 is 0 Å². The molecule has 1 atom stereocenters. The standard InChI is InChI=1S/C18H23N3O3/c1-2-20(11-14-8-10-24-12-14)17(22)7-9-21-13-19-16-6-4-3-5-15(16)18(21)23/h3-6,13-14H,2,7-12H2,1H3/t14-/m0/s1. The number of hydrogen-bond acceptors (Lipinski definition) is 4. The summed E-state index contributed by atoms with van der Waals surface area (Å²) in [6, 6.07) is 7.26. The molecule has 0 bridgehead atoms. The highest BCUT2D eigenvalue weighted by Gasteiger charge is 2.21. The molecule has 1 amide bonds. The minimum absolute atomic E-state index is 0.0736. The first-order valence-corrected chi connectivity index (χ1v) is 8.48. The molecule has 1 saturated heterocycles. The predicted molar refractivity (Wildman–Crippen MR) is 91.8 cm³/mol. The fraction of sp³-hybridized carbons (Fsp3) is 0.500. The van der Waals surface area contributed by atoms with E-state index in [2.05, 4.69) is 4.98 Å². The van der Waals surface area contributed by atoms with Crippen LogP contribution in [-0.2, 0) is 16.1 Å². The first-order chi connectivity index (χ1) is 11.7. The van der Waals surface area contributed by atoms with Gasteiger partial charge in [0.1, 0.15) is 0 Å². The van der Waals surface area contributed by atoms with Crippen molar-refractivity contribution in [2.24, 2.45) is 5.92 Å². The molecule has 6 heteroatoms. The Hall–Kier alpha value is -2.21. The minimum atomic E-state index is -0.0966. The number of aryl methyl sites for hydroxylation is 1. The van der Waals surface area contributed by atoms with Crippen LogP contribution in [0.2, 0.25) is 0 Å². The summed E-state index contributed by atoms with van der Waals surface area (Å²) in [5, 5.41) is 0.586. The van der Waals surface area contributed by atoms with Crippen molar-refractivity contribution in [1.82, 2.24) is 14.5 Å². The molecule has 1 fully saturated rings. The number of ether oxygens (including phenoxy) is 1. The van der Waals surface area contributed by atoms with Gasteiger partial charge in [-0.3, -0.25) is 14.2 Å². The maximum atomic E-state index is 12.5. The monoisotopic (exact) mass is 329 g/mol. The molecule has 24 heavy (non-hydrogen) atoms. The molecule has 0 N–H and O–H groups in total. The van der Waals surface area contributed by atoms with Crippen molar-refractivity contribution >= 4 is 16.8 Å². The van der Waals surface area contributed by atoms with Crippen molar-refractivity contribution in [3.05, 3.63) is 40.9 Å². The number of fused-ring (bicyclic) bond motifs is 1. The highest BCUT2D eigenvalue weighted by Crippen LogP contribution is 2.14. The van der Waals surface area contributed by atoms with Crippen LogP contribution in [0.3, 0.4) is 0 Å². The number of carbonyl (C=O) groups excluding carboxylic acids is 1. The Balaban J connectivity index is 1.64. The molecule has 1 aliphatic heterocycles. The number of nitrogens with zero attached hydrogens (tertiary/aromatic N) is 3. The second kappa shape index (κ2) is 7.57. The van der Waals surface area contributed by atoms with E-state index in [0.717, 1.165) is 26.2 Å². The Bertz CT molecular complexity index is 765. The van der Waals surface area contributed by atoms with Gasteiger partial charge < -0.3 is 9.64 Å². The van der Waals surface area contributed by atoms with Gasteiger partial charge in [0.2, 0.25) is 5.91 Å². The number of carbonyl (C=O) groups is 1. The molecular weight excluding hydrogens is 306 g/mol. The molecule has 128 valence electrons. The normalized spacial score (nSPS) is 17.3. The van der Waals surface area contributed by atoms with Crippen LogP contribution in [0.1, 0.15) is 19.8 Å². The van der Waals surface area contributed by atoms with Crippen LogP contribution < -0.4 is 5.56 Å². The highest BCUT2D eigenvalue weighted by molar-refractivity contribution is 5.77. The van der Waals surface area contributed by atoms with Crippen LogP contribution in [0, 0.1) is 5.92 Å². The average Bonchev–Trinajstić information content (AvgIpc) is 3.12. The fourth-order valence-corrected chi connectivity index (χ4v) is 3.09. The predicted octanol–water partition coefficient (Wildman–Crippen LogP) is 1.67. The lowest BCUT2D eigenvalue weighted by Crippen LogP contribution is -2.36. The van der Waals surface area contributed by atoms with Gasteiger partial charge in [-0.05, 0) is 25.5 Å². The van der Waals surface area contributed by atoms with Gasteiger partial charge in [0.25, 0.3) is 5.56 Å². The third-order valence-electron chi connectivity index (χ3n) is 4.54. The molecule has 6 nitrogen and oxygen atoms in total. The molecule has 2 heterocycles. The maximum absolute atomic E-state index is 12.5. The largest absolute Gasteiger partial charge is 0.381 e. The van der Waals surface area contributed by atoms with Crippen molar-refractivity contribution in [2.45, 2.75) is 26.3 Å². The van der Waals surface area contributed by atoms with Crippen molar-refractivity contribution in [3.63, 3.8) is 0 Å². The lowest BCUT2D eigenvalue weighted by Gasteiger charge is -2.24. The van der Waals surface area contributed by atoms with E-state index >= 15 is 0 Å². The number of rotatable bonds is 6. The van der Waals surface area contributed by atoms with E-state index in [9.17, 15) is 9.59 Å². The minimum Gasteiger partial charge on any atom is -0.381 e. The zero-order valence-corrected chi connectivity index (χ0v) is 14.0. The first kappa shape index (κ1) is 16.6. The summed E-state index contributed by atoms with van der Waals surface area (Å²) in [4.78, 5) is 31.0. The Labute approximate surface area is 141 Å². The summed E-state index contributed by atoms with van der Waals surface area (Å²) >= 11 is 0. The molecule has 0 aliphatic carbocycles. The molecule has 1 aliphatic rings. The summed E-state index contributed by atoms with van der Waals surface area (Å²) in [5.41, 5.74) is 0.585. The summed E-state index contributed by atoms with van der Waals surface area (Å²) in [6.45, 7) is 5.28. The van der Waals surface area contributed by atoms with E-state index in [0.29, 0.717) is 36.3 Å². The summed E-state index contributed by atoms with van der Waals surface area (Å²) in [7, 11) is 0. The van der Waals surface area contributed by atoms with Crippen molar-refractivity contribution < 1.29 is 9.53 Å². The number of aromatic nitrogens is 2. The summed E-state index contributed by atoms with van der Waals surface area (Å²) in [5.74, 6) is 0.503. The zero-order valence-electron chi connectivity index (χ0n) is 14.0. The Kier molecular flexibility index (Phi) is 5.25. The molecule has 0 unspecified atom stereocenters. The molecule has 1 aromatic carbocycles. The molecular formula is C18H23N3O3. The first-order valence-electron chi connectivity index (χ1n) is 8.48. The molecule has 0 spiro atoms. The topological polar surface area (TPSA) is 64.4 Å². The summed E-state index contributed by atoms with van der Waals surface area (Å²) < 4.78 is 6.90. The van der Waals surface area contributed by atoms with E-state index in [1.807, 2.05) is 30.0 Å². The third kappa shape index (κ3) is 3.64. The van der Waals surface area contributed by atoms with Gasteiger partial charge in [0.15, 0.2) is 0 Å². The second-order valence-electron chi connectivity index (χ2n) is 6.17. The quantitative estimate of drug-likeness (QED) is 0.809. The van der Waals surface area contributed by atoms with Crippen LogP contribution in [0.25, 0.3) is 10.9 Å². The zero-order chi connectivity index (χ0) is 16.9. The Morgan fingerprint density at radius 2 is 2.25 bits per heavy atom. The number of amides is 1. The highest BCUT2D eigenvalue weighted by atomic mass is 16.5. The maximum Gasteiger partial charge on any atom is 0.261 e. The van der Waals surface area contributed by atoms with Gasteiger partial charge in [-0.15, -0.1) is 0 Å². The third-order valence-corrected chi connectivity index (χ3v) is 4.54. The Morgan fingerprint density at radius 3 is 3.00 bits per heavy atom. The second-order valence-corrected chi connectivity index (χ2v) is 6.17. The number of para-hydroxylation sites is 1. The fourth-order valence-electron chi connectivity index (χ4n) is 3.09. The van der Waals surface area contributed by atoms with Gasteiger partial charge in [-0.1, -0.05) is 12.1 Å². The SMILES string of the molecule is CCN(C[C@@H]1CCOC1)C(=O)CCn1cnc2ccccc2c1=O. The van der Waals surface area contributed by atoms with E-state index < -0.39 is 0 Å². The van der Waals surface area contributed by atoms with Crippen LogP contribution in [-0.4, -0.2) is 46.7 Å². The molecule has 0 radical (unpaired) electrons. The van der Waals surface area contributed by atoms with Gasteiger partial charge in [-0.2, -0.15) is 0 Å². The summed E-state index contributed by atoms with van der Waals surface area (Å²) in [6.07, 6.45) is 2.85. The van der Waals surface area contributed by atoms with Gasteiger partial charge in [0.05, 0.1) is 23.8 Å².